The Balaban J connectivity index is 1.90. The van der Waals surface area contributed by atoms with Crippen LogP contribution in [0.5, 0.6) is 0 Å². The Morgan fingerprint density at radius 3 is 2.52 bits per heavy atom. The molecule has 1 aliphatic rings. The van der Waals surface area contributed by atoms with E-state index < -0.39 is 0 Å². The van der Waals surface area contributed by atoms with E-state index >= 15 is 0 Å². The first-order valence-electron chi connectivity index (χ1n) is 7.00. The number of hydrogen-bond donors (Lipinski definition) is 0. The zero-order valence-corrected chi connectivity index (χ0v) is 12.2. The highest BCUT2D eigenvalue weighted by Gasteiger charge is 2.25. The third kappa shape index (κ3) is 3.84. The minimum Gasteiger partial charge on any atom is -0.445 e. The summed E-state index contributed by atoms with van der Waals surface area (Å²) < 4.78 is 4.99. The number of nitrogens with zero attached hydrogens (tertiary/aromatic N) is 2. The molecular weight excluding hydrogens is 268 g/mol. The largest absolute Gasteiger partial charge is 0.445 e. The SMILES string of the molecule is C=CCOC(=O)N1CCN(C(=O)c2cccc(C)c2)CC1. The van der Waals surface area contributed by atoms with Crippen molar-refractivity contribution in [1.29, 1.82) is 0 Å². The molecule has 112 valence electrons. The van der Waals surface area contributed by atoms with Crippen molar-refractivity contribution in [3.63, 3.8) is 0 Å². The lowest BCUT2D eigenvalue weighted by atomic mass is 10.1. The van der Waals surface area contributed by atoms with E-state index in [0.29, 0.717) is 31.7 Å². The second-order valence-electron chi connectivity index (χ2n) is 5.01. The van der Waals surface area contributed by atoms with Gasteiger partial charge in [0.2, 0.25) is 0 Å². The molecule has 1 aromatic rings. The molecule has 0 unspecified atom stereocenters. The summed E-state index contributed by atoms with van der Waals surface area (Å²) >= 11 is 0. The topological polar surface area (TPSA) is 49.9 Å². The van der Waals surface area contributed by atoms with Crippen LogP contribution in [0.4, 0.5) is 4.79 Å². The summed E-state index contributed by atoms with van der Waals surface area (Å²) in [6, 6.07) is 7.54. The molecule has 5 heteroatoms. The average molecular weight is 288 g/mol. The maximum atomic E-state index is 12.4. The lowest BCUT2D eigenvalue weighted by Gasteiger charge is -2.34. The Kier molecular flexibility index (Phi) is 4.98. The van der Waals surface area contributed by atoms with Crippen LogP contribution in [0.25, 0.3) is 0 Å². The van der Waals surface area contributed by atoms with Crippen molar-refractivity contribution >= 4 is 12.0 Å². The number of piperazine rings is 1. The van der Waals surface area contributed by atoms with E-state index in [2.05, 4.69) is 6.58 Å². The van der Waals surface area contributed by atoms with Gasteiger partial charge in [-0.1, -0.05) is 30.4 Å². The molecule has 0 aliphatic carbocycles. The number of carbonyl (C=O) groups is 2. The Hall–Kier alpha value is -2.30. The van der Waals surface area contributed by atoms with Gasteiger partial charge >= 0.3 is 6.09 Å². The van der Waals surface area contributed by atoms with Crippen LogP contribution in [-0.4, -0.2) is 54.6 Å². The molecule has 1 saturated heterocycles. The normalized spacial score (nSPS) is 14.7. The first kappa shape index (κ1) is 15.1. The van der Waals surface area contributed by atoms with E-state index in [9.17, 15) is 9.59 Å². The van der Waals surface area contributed by atoms with Crippen LogP contribution in [0.1, 0.15) is 15.9 Å². The van der Waals surface area contributed by atoms with Gasteiger partial charge < -0.3 is 14.5 Å². The van der Waals surface area contributed by atoms with Crippen LogP contribution in [0.3, 0.4) is 0 Å². The Bertz CT molecular complexity index is 534. The minimum absolute atomic E-state index is 0.0119. The lowest BCUT2D eigenvalue weighted by Crippen LogP contribution is -2.50. The van der Waals surface area contributed by atoms with Gasteiger partial charge in [-0.3, -0.25) is 4.79 Å². The van der Waals surface area contributed by atoms with Gasteiger partial charge in [0.25, 0.3) is 5.91 Å². The molecule has 2 amide bonds. The molecule has 1 aliphatic heterocycles. The highest BCUT2D eigenvalue weighted by atomic mass is 16.6. The smallest absolute Gasteiger partial charge is 0.410 e. The molecule has 0 atom stereocenters. The number of benzene rings is 1. The molecule has 2 rings (SSSR count). The van der Waals surface area contributed by atoms with Gasteiger partial charge in [-0.2, -0.15) is 0 Å². The van der Waals surface area contributed by atoms with Gasteiger partial charge in [0.15, 0.2) is 0 Å². The fourth-order valence-corrected chi connectivity index (χ4v) is 2.27. The summed E-state index contributed by atoms with van der Waals surface area (Å²) in [4.78, 5) is 27.5. The van der Waals surface area contributed by atoms with Crippen LogP contribution >= 0.6 is 0 Å². The predicted molar refractivity (Wildman–Crippen MR) is 80.2 cm³/mol. The number of carbonyl (C=O) groups excluding carboxylic acids is 2. The molecule has 21 heavy (non-hydrogen) atoms. The van der Waals surface area contributed by atoms with Gasteiger partial charge in [0.05, 0.1) is 0 Å². The zero-order chi connectivity index (χ0) is 15.2. The molecule has 5 nitrogen and oxygen atoms in total. The first-order chi connectivity index (χ1) is 10.1. The van der Waals surface area contributed by atoms with Gasteiger partial charge in [-0.05, 0) is 19.1 Å². The number of ether oxygens (including phenoxy) is 1. The van der Waals surface area contributed by atoms with Crippen LogP contribution in [0.15, 0.2) is 36.9 Å². The van der Waals surface area contributed by atoms with Crippen molar-refractivity contribution in [2.45, 2.75) is 6.92 Å². The monoisotopic (exact) mass is 288 g/mol. The summed E-state index contributed by atoms with van der Waals surface area (Å²) in [5.41, 5.74) is 1.75. The maximum Gasteiger partial charge on any atom is 0.410 e. The zero-order valence-electron chi connectivity index (χ0n) is 12.2. The van der Waals surface area contributed by atoms with Crippen molar-refractivity contribution in [3.05, 3.63) is 48.0 Å². The molecule has 0 N–H and O–H groups in total. The molecule has 0 radical (unpaired) electrons. The fourth-order valence-electron chi connectivity index (χ4n) is 2.27. The summed E-state index contributed by atoms with van der Waals surface area (Å²) in [6.07, 6.45) is 1.19. The number of rotatable bonds is 3. The molecule has 0 aromatic heterocycles. The molecule has 1 aromatic carbocycles. The van der Waals surface area contributed by atoms with Crippen LogP contribution in [-0.2, 0) is 4.74 Å². The van der Waals surface area contributed by atoms with Gasteiger partial charge in [0, 0.05) is 31.7 Å². The molecule has 0 saturated carbocycles. The summed E-state index contributed by atoms with van der Waals surface area (Å²) in [5.74, 6) is 0.0119. The number of hydrogen-bond acceptors (Lipinski definition) is 3. The molecular formula is C16H20N2O3. The van der Waals surface area contributed by atoms with Crippen molar-refractivity contribution < 1.29 is 14.3 Å². The van der Waals surface area contributed by atoms with E-state index in [1.807, 2.05) is 31.2 Å². The van der Waals surface area contributed by atoms with Gasteiger partial charge in [-0.25, -0.2) is 4.79 Å². The second kappa shape index (κ2) is 6.92. The van der Waals surface area contributed by atoms with Crippen molar-refractivity contribution in [2.24, 2.45) is 0 Å². The van der Waals surface area contributed by atoms with E-state index in [-0.39, 0.29) is 18.6 Å². The van der Waals surface area contributed by atoms with Crippen LogP contribution < -0.4 is 0 Å². The van der Waals surface area contributed by atoms with Crippen molar-refractivity contribution in [3.8, 4) is 0 Å². The third-order valence-electron chi connectivity index (χ3n) is 3.41. The average Bonchev–Trinajstić information content (AvgIpc) is 2.52. The Morgan fingerprint density at radius 2 is 1.90 bits per heavy atom. The predicted octanol–water partition coefficient (Wildman–Crippen LogP) is 2.08. The van der Waals surface area contributed by atoms with Gasteiger partial charge in [0.1, 0.15) is 6.61 Å². The standard InChI is InChI=1S/C16H20N2O3/c1-3-11-21-16(20)18-9-7-17(8-10-18)15(19)14-6-4-5-13(2)12-14/h3-6,12H,1,7-11H2,2H3. The summed E-state index contributed by atoms with van der Waals surface area (Å²) in [5, 5.41) is 0. The minimum atomic E-state index is -0.349. The second-order valence-corrected chi connectivity index (χ2v) is 5.01. The third-order valence-corrected chi connectivity index (χ3v) is 3.41. The maximum absolute atomic E-state index is 12.4. The lowest BCUT2D eigenvalue weighted by molar-refractivity contribution is 0.0581. The number of amides is 2. The number of aryl methyl sites for hydroxylation is 1. The van der Waals surface area contributed by atoms with Crippen LogP contribution in [0, 0.1) is 6.92 Å². The van der Waals surface area contributed by atoms with Crippen molar-refractivity contribution in [2.75, 3.05) is 32.8 Å². The van der Waals surface area contributed by atoms with E-state index in [1.165, 1.54) is 6.08 Å². The molecule has 1 heterocycles. The summed E-state index contributed by atoms with van der Waals surface area (Å²) in [6.45, 7) is 7.71. The highest BCUT2D eigenvalue weighted by molar-refractivity contribution is 5.94. The Labute approximate surface area is 124 Å². The summed E-state index contributed by atoms with van der Waals surface area (Å²) in [7, 11) is 0. The first-order valence-corrected chi connectivity index (χ1v) is 7.00. The molecule has 0 bridgehead atoms. The van der Waals surface area contributed by atoms with Gasteiger partial charge in [-0.15, -0.1) is 0 Å². The quantitative estimate of drug-likeness (QED) is 0.800. The van der Waals surface area contributed by atoms with Crippen molar-refractivity contribution in [1.82, 2.24) is 9.80 Å². The van der Waals surface area contributed by atoms with E-state index in [0.717, 1.165) is 5.56 Å². The Morgan fingerprint density at radius 1 is 1.24 bits per heavy atom. The van der Waals surface area contributed by atoms with E-state index in [4.69, 9.17) is 4.74 Å². The molecule has 0 spiro atoms. The fraction of sp³-hybridized carbons (Fsp3) is 0.375. The highest BCUT2D eigenvalue weighted by Crippen LogP contribution is 2.11. The van der Waals surface area contributed by atoms with E-state index in [1.54, 1.807) is 9.80 Å². The molecule has 1 fully saturated rings. The van der Waals surface area contributed by atoms with Crippen LogP contribution in [0.2, 0.25) is 0 Å².